The first-order valence-corrected chi connectivity index (χ1v) is 13.9. The summed E-state index contributed by atoms with van der Waals surface area (Å²) in [6, 6.07) is 22.6. The Kier molecular flexibility index (Phi) is 6.02. The number of fused-ring (bicyclic) bond motifs is 3. The highest BCUT2D eigenvalue weighted by molar-refractivity contribution is 14.1. The zero-order valence-electron chi connectivity index (χ0n) is 18.8. The van der Waals surface area contributed by atoms with E-state index in [0.29, 0.717) is 4.53 Å². The fraction of sp³-hybridized carbons (Fsp3) is 0.143. The molecule has 0 amide bonds. The Morgan fingerprint density at radius 3 is 2.69 bits per heavy atom. The van der Waals surface area contributed by atoms with Gasteiger partial charge in [0.1, 0.15) is 5.75 Å². The normalized spacial score (nSPS) is 16.9. The topological polar surface area (TPSA) is 43.6 Å². The monoisotopic (exact) mass is 654 g/mol. The largest absolute Gasteiger partial charge is 0.496 e. The van der Waals surface area contributed by atoms with Gasteiger partial charge in [0.05, 0.1) is 27.0 Å². The first-order chi connectivity index (χ1) is 17.0. The molecule has 0 bridgehead atoms. The lowest BCUT2D eigenvalue weighted by Crippen LogP contribution is -2.38. The van der Waals surface area contributed by atoms with E-state index in [4.69, 9.17) is 9.73 Å². The molecule has 7 heteroatoms. The molecule has 0 fully saturated rings. The van der Waals surface area contributed by atoms with Crippen LogP contribution in [0.5, 0.6) is 5.75 Å². The van der Waals surface area contributed by atoms with Gasteiger partial charge >= 0.3 is 0 Å². The minimum absolute atomic E-state index is 0.00194. The van der Waals surface area contributed by atoms with Gasteiger partial charge in [0.15, 0.2) is 4.80 Å². The Balaban J connectivity index is 1.59. The Morgan fingerprint density at radius 2 is 1.91 bits per heavy atom. The number of methoxy groups -OCH3 is 1. The van der Waals surface area contributed by atoms with Crippen LogP contribution in [0, 0.1) is 3.57 Å². The van der Waals surface area contributed by atoms with Crippen LogP contribution in [0.15, 0.2) is 86.6 Å². The van der Waals surface area contributed by atoms with Gasteiger partial charge in [-0.05, 0) is 88.0 Å². The summed E-state index contributed by atoms with van der Waals surface area (Å²) in [5, 5.41) is 0. The molecule has 1 atom stereocenters. The predicted molar refractivity (Wildman–Crippen MR) is 153 cm³/mol. The summed E-state index contributed by atoms with van der Waals surface area (Å²) in [5.41, 5.74) is 6.79. The van der Waals surface area contributed by atoms with Gasteiger partial charge in [-0.3, -0.25) is 9.36 Å². The van der Waals surface area contributed by atoms with Crippen LogP contribution in [0.4, 0.5) is 0 Å². The van der Waals surface area contributed by atoms with Crippen molar-refractivity contribution in [2.24, 2.45) is 4.99 Å². The van der Waals surface area contributed by atoms with Gasteiger partial charge in [-0.2, -0.15) is 0 Å². The van der Waals surface area contributed by atoms with E-state index in [1.54, 1.807) is 7.11 Å². The van der Waals surface area contributed by atoms with E-state index in [-0.39, 0.29) is 11.6 Å². The average molecular weight is 655 g/mol. The maximum Gasteiger partial charge on any atom is 0.271 e. The third-order valence-electron chi connectivity index (χ3n) is 6.53. The van der Waals surface area contributed by atoms with Crippen LogP contribution in [-0.2, 0) is 6.42 Å². The number of aromatic nitrogens is 1. The summed E-state index contributed by atoms with van der Waals surface area (Å²) in [7, 11) is 1.66. The molecular weight excluding hydrogens is 635 g/mol. The lowest BCUT2D eigenvalue weighted by atomic mass is 9.83. The molecule has 0 unspecified atom stereocenters. The molecule has 2 heterocycles. The van der Waals surface area contributed by atoms with Crippen molar-refractivity contribution in [1.82, 2.24) is 4.57 Å². The SMILES string of the molecule is COc1ccc(/C=c2\sc3n(c2=O)[C@H](c2ccc(Br)cc2)C2=C(N=3)c3ccccc3CC2)cc1I. The van der Waals surface area contributed by atoms with Crippen molar-refractivity contribution in [3.05, 3.63) is 122 Å². The highest BCUT2D eigenvalue weighted by Gasteiger charge is 2.32. The van der Waals surface area contributed by atoms with E-state index in [9.17, 15) is 4.79 Å². The quantitative estimate of drug-likeness (QED) is 0.266. The second-order valence-corrected chi connectivity index (χ2v) is 11.6. The number of hydrogen-bond donors (Lipinski definition) is 0. The van der Waals surface area contributed by atoms with Gasteiger partial charge in [-0.1, -0.05) is 69.7 Å². The van der Waals surface area contributed by atoms with Gasteiger partial charge in [-0.25, -0.2) is 4.99 Å². The summed E-state index contributed by atoms with van der Waals surface area (Å²) in [4.78, 5) is 19.6. The van der Waals surface area contributed by atoms with E-state index >= 15 is 0 Å². The smallest absolute Gasteiger partial charge is 0.271 e. The highest BCUT2D eigenvalue weighted by Crippen LogP contribution is 2.41. The van der Waals surface area contributed by atoms with Crippen molar-refractivity contribution in [3.63, 3.8) is 0 Å². The van der Waals surface area contributed by atoms with E-state index in [2.05, 4.69) is 74.9 Å². The maximum atomic E-state index is 13.8. The summed E-state index contributed by atoms with van der Waals surface area (Å²) in [6.45, 7) is 0. The number of halogens is 2. The number of nitrogens with zero attached hydrogens (tertiary/aromatic N) is 2. The Morgan fingerprint density at radius 1 is 1.11 bits per heavy atom. The van der Waals surface area contributed by atoms with Crippen molar-refractivity contribution in [1.29, 1.82) is 0 Å². The third kappa shape index (κ3) is 4.03. The zero-order chi connectivity index (χ0) is 24.1. The van der Waals surface area contributed by atoms with Crippen LogP contribution in [0.2, 0.25) is 0 Å². The summed E-state index contributed by atoms with van der Waals surface area (Å²) in [6.07, 6.45) is 3.80. The zero-order valence-corrected chi connectivity index (χ0v) is 23.4. The molecule has 35 heavy (non-hydrogen) atoms. The van der Waals surface area contributed by atoms with E-state index in [1.165, 1.54) is 28.0 Å². The molecule has 4 nitrogen and oxygen atoms in total. The number of aryl methyl sites for hydroxylation is 1. The van der Waals surface area contributed by atoms with E-state index < -0.39 is 0 Å². The standard InChI is InChI=1S/C28H20BrIN2O2S/c1-34-23-13-6-16(14-22(23)30)15-24-27(33)32-26(18-7-10-19(29)11-8-18)21-12-9-17-4-2-3-5-20(17)25(21)31-28(32)35-24/h2-8,10-11,13-15,26H,9,12H2,1H3/b24-15-/t26-/m1/s1. The number of hydrogen-bond acceptors (Lipinski definition) is 4. The van der Waals surface area contributed by atoms with Crippen molar-refractivity contribution >= 4 is 61.6 Å². The molecule has 2 aliphatic rings. The molecular formula is C28H20BrIN2O2S. The molecule has 1 aliphatic heterocycles. The summed E-state index contributed by atoms with van der Waals surface area (Å²) >= 11 is 7.26. The maximum absolute atomic E-state index is 13.8. The summed E-state index contributed by atoms with van der Waals surface area (Å²) in [5.74, 6) is 0.825. The molecule has 0 saturated carbocycles. The van der Waals surface area contributed by atoms with Crippen LogP contribution in [0.25, 0.3) is 11.8 Å². The van der Waals surface area contributed by atoms with Gasteiger partial charge < -0.3 is 4.74 Å². The predicted octanol–water partition coefficient (Wildman–Crippen LogP) is 5.69. The molecule has 0 radical (unpaired) electrons. The van der Waals surface area contributed by atoms with Crippen molar-refractivity contribution < 1.29 is 4.74 Å². The summed E-state index contributed by atoms with van der Waals surface area (Å²) < 4.78 is 9.98. The molecule has 1 aliphatic carbocycles. The molecule has 174 valence electrons. The second-order valence-electron chi connectivity index (χ2n) is 8.56. The van der Waals surface area contributed by atoms with Gasteiger partial charge in [0, 0.05) is 10.0 Å². The molecule has 0 saturated heterocycles. The van der Waals surface area contributed by atoms with Crippen LogP contribution in [0.3, 0.4) is 0 Å². The second kappa shape index (κ2) is 9.19. The molecule has 3 aromatic carbocycles. The number of ether oxygens (including phenoxy) is 1. The molecule has 6 rings (SSSR count). The third-order valence-corrected chi connectivity index (χ3v) is 8.89. The fourth-order valence-electron chi connectivity index (χ4n) is 4.89. The minimum atomic E-state index is -0.166. The lowest BCUT2D eigenvalue weighted by Gasteiger charge is -2.30. The molecule has 0 N–H and O–H groups in total. The van der Waals surface area contributed by atoms with Crippen molar-refractivity contribution in [3.8, 4) is 5.75 Å². The number of rotatable bonds is 3. The number of thiazole rings is 1. The Bertz CT molecular complexity index is 1690. The first kappa shape index (κ1) is 22.9. The number of allylic oxidation sites excluding steroid dienone is 1. The van der Waals surface area contributed by atoms with E-state index in [0.717, 1.165) is 48.3 Å². The van der Waals surface area contributed by atoms with Crippen LogP contribution in [-0.4, -0.2) is 11.7 Å². The van der Waals surface area contributed by atoms with Crippen LogP contribution in [0.1, 0.15) is 34.7 Å². The highest BCUT2D eigenvalue weighted by atomic mass is 127. The first-order valence-electron chi connectivity index (χ1n) is 11.3. The van der Waals surface area contributed by atoms with E-state index in [1.807, 2.05) is 41.0 Å². The van der Waals surface area contributed by atoms with Gasteiger partial charge in [0.2, 0.25) is 0 Å². The molecule has 1 aromatic heterocycles. The van der Waals surface area contributed by atoms with Crippen LogP contribution < -0.4 is 19.6 Å². The fourth-order valence-corrected chi connectivity index (χ4v) is 6.92. The Hall–Kier alpha value is -2.49. The van der Waals surface area contributed by atoms with Crippen molar-refractivity contribution in [2.75, 3.05) is 7.11 Å². The van der Waals surface area contributed by atoms with Crippen LogP contribution >= 0.6 is 49.9 Å². The molecule has 4 aromatic rings. The average Bonchev–Trinajstić information content (AvgIpc) is 3.18. The van der Waals surface area contributed by atoms with Gasteiger partial charge in [-0.15, -0.1) is 0 Å². The minimum Gasteiger partial charge on any atom is -0.496 e. The molecule has 0 spiro atoms. The van der Waals surface area contributed by atoms with Gasteiger partial charge in [0.25, 0.3) is 5.56 Å². The van der Waals surface area contributed by atoms with Crippen molar-refractivity contribution in [2.45, 2.75) is 18.9 Å². The number of benzene rings is 3. The Labute approximate surface area is 228 Å². The lowest BCUT2D eigenvalue weighted by molar-refractivity contribution is 0.412.